The summed E-state index contributed by atoms with van der Waals surface area (Å²) in [4.78, 5) is 0. The highest BCUT2D eigenvalue weighted by atomic mass is 14.9. The van der Waals surface area contributed by atoms with Crippen LogP contribution in [0.2, 0.25) is 0 Å². The molecule has 0 fully saturated rings. The fraction of sp³-hybridized carbons (Fsp3) is 0.333. The summed E-state index contributed by atoms with van der Waals surface area (Å²) >= 11 is 0. The lowest BCUT2D eigenvalue weighted by Crippen LogP contribution is -2.17. The van der Waals surface area contributed by atoms with Crippen LogP contribution in [0.1, 0.15) is 13.8 Å². The van der Waals surface area contributed by atoms with E-state index in [1.807, 2.05) is 13.8 Å². The monoisotopic (exact) mass is 152 g/mol. The molecule has 3 N–H and O–H groups in total. The molecule has 0 spiro atoms. The third-order valence-corrected chi connectivity index (χ3v) is 1.14. The van der Waals surface area contributed by atoms with Gasteiger partial charge in [-0.05, 0) is 19.9 Å². The molecule has 0 bridgehead atoms. The van der Waals surface area contributed by atoms with Gasteiger partial charge in [0.1, 0.15) is 0 Å². The van der Waals surface area contributed by atoms with Crippen molar-refractivity contribution < 1.29 is 0 Å². The van der Waals surface area contributed by atoms with Crippen molar-refractivity contribution in [3.05, 3.63) is 36.2 Å². The summed E-state index contributed by atoms with van der Waals surface area (Å²) in [6, 6.07) is 0. The van der Waals surface area contributed by atoms with Gasteiger partial charge in [-0.2, -0.15) is 0 Å². The summed E-state index contributed by atoms with van der Waals surface area (Å²) < 4.78 is 0. The minimum Gasteiger partial charge on any atom is -0.397 e. The van der Waals surface area contributed by atoms with Crippen LogP contribution in [0.4, 0.5) is 0 Å². The predicted molar refractivity (Wildman–Crippen MR) is 49.9 cm³/mol. The summed E-state index contributed by atoms with van der Waals surface area (Å²) in [5.74, 6) is 0. The fourth-order valence-electron chi connectivity index (χ4n) is 0.668. The van der Waals surface area contributed by atoms with Gasteiger partial charge in [-0.15, -0.1) is 0 Å². The lowest BCUT2D eigenvalue weighted by molar-refractivity contribution is 0.862. The van der Waals surface area contributed by atoms with Crippen LogP contribution in [0.25, 0.3) is 0 Å². The molecular formula is C9H16N2. The Morgan fingerprint density at radius 2 is 2.09 bits per heavy atom. The predicted octanol–water partition coefficient (Wildman–Crippen LogP) is 1.53. The first-order valence-corrected chi connectivity index (χ1v) is 3.63. The molecule has 0 amide bonds. The van der Waals surface area contributed by atoms with Crippen molar-refractivity contribution in [3.63, 3.8) is 0 Å². The SMILES string of the molecule is C=C(C)/C=C(\N)C(=C)NCC. The minimum absolute atomic E-state index is 0.652. The number of nitrogens with one attached hydrogen (secondary N) is 1. The topological polar surface area (TPSA) is 38.0 Å². The number of hydrogen-bond donors (Lipinski definition) is 2. The Morgan fingerprint density at radius 3 is 2.45 bits per heavy atom. The second-order valence-corrected chi connectivity index (χ2v) is 2.45. The Morgan fingerprint density at radius 1 is 1.55 bits per heavy atom. The largest absolute Gasteiger partial charge is 0.397 e. The molecule has 0 aliphatic rings. The van der Waals surface area contributed by atoms with Crippen LogP contribution in [-0.2, 0) is 0 Å². The number of rotatable bonds is 4. The first-order chi connectivity index (χ1) is 5.07. The third kappa shape index (κ3) is 4.25. The van der Waals surface area contributed by atoms with E-state index in [4.69, 9.17) is 5.73 Å². The molecule has 0 saturated heterocycles. The molecule has 0 aliphatic carbocycles. The van der Waals surface area contributed by atoms with E-state index in [1.165, 1.54) is 0 Å². The lowest BCUT2D eigenvalue weighted by Gasteiger charge is -2.06. The van der Waals surface area contributed by atoms with E-state index < -0.39 is 0 Å². The van der Waals surface area contributed by atoms with Crippen LogP contribution in [-0.4, -0.2) is 6.54 Å². The molecule has 0 unspecified atom stereocenters. The van der Waals surface area contributed by atoms with E-state index in [-0.39, 0.29) is 0 Å². The molecule has 0 rings (SSSR count). The van der Waals surface area contributed by atoms with Gasteiger partial charge in [0.05, 0.1) is 11.4 Å². The van der Waals surface area contributed by atoms with Crippen molar-refractivity contribution >= 4 is 0 Å². The van der Waals surface area contributed by atoms with Crippen LogP contribution in [0.3, 0.4) is 0 Å². The minimum atomic E-state index is 0.652. The molecule has 0 aromatic heterocycles. The van der Waals surface area contributed by atoms with Crippen molar-refractivity contribution in [1.29, 1.82) is 0 Å². The van der Waals surface area contributed by atoms with E-state index in [9.17, 15) is 0 Å². The van der Waals surface area contributed by atoms with E-state index in [2.05, 4.69) is 18.5 Å². The Bertz CT molecular complexity index is 190. The van der Waals surface area contributed by atoms with Gasteiger partial charge >= 0.3 is 0 Å². The molecule has 0 atom stereocenters. The second-order valence-electron chi connectivity index (χ2n) is 2.45. The Labute approximate surface area is 68.5 Å². The fourth-order valence-corrected chi connectivity index (χ4v) is 0.668. The maximum atomic E-state index is 5.64. The maximum Gasteiger partial charge on any atom is 0.0546 e. The average Bonchev–Trinajstić information content (AvgIpc) is 1.86. The average molecular weight is 152 g/mol. The van der Waals surface area contributed by atoms with Gasteiger partial charge in [0.25, 0.3) is 0 Å². The quantitative estimate of drug-likeness (QED) is 0.599. The summed E-state index contributed by atoms with van der Waals surface area (Å²) in [6.07, 6.45) is 1.80. The number of hydrogen-bond acceptors (Lipinski definition) is 2. The molecule has 2 nitrogen and oxygen atoms in total. The van der Waals surface area contributed by atoms with Gasteiger partial charge in [0, 0.05) is 6.54 Å². The van der Waals surface area contributed by atoms with Crippen molar-refractivity contribution in [1.82, 2.24) is 5.32 Å². The molecule has 0 aromatic carbocycles. The Balaban J connectivity index is 4.12. The van der Waals surface area contributed by atoms with Gasteiger partial charge in [-0.25, -0.2) is 0 Å². The number of nitrogens with two attached hydrogens (primary N) is 1. The van der Waals surface area contributed by atoms with E-state index >= 15 is 0 Å². The van der Waals surface area contributed by atoms with Gasteiger partial charge < -0.3 is 11.1 Å². The Kier molecular flexibility index (Phi) is 4.11. The molecule has 0 aliphatic heterocycles. The zero-order chi connectivity index (χ0) is 8.85. The first kappa shape index (κ1) is 9.82. The summed E-state index contributed by atoms with van der Waals surface area (Å²) in [5, 5.41) is 3.02. The van der Waals surface area contributed by atoms with Gasteiger partial charge in [0.15, 0.2) is 0 Å². The molecule has 11 heavy (non-hydrogen) atoms. The maximum absolute atomic E-state index is 5.64. The molecule has 0 heterocycles. The van der Waals surface area contributed by atoms with Crippen molar-refractivity contribution in [2.24, 2.45) is 5.73 Å². The van der Waals surface area contributed by atoms with Crippen LogP contribution in [0.15, 0.2) is 36.2 Å². The second kappa shape index (κ2) is 4.61. The van der Waals surface area contributed by atoms with Crippen LogP contribution < -0.4 is 11.1 Å². The number of allylic oxidation sites excluding steroid dienone is 2. The molecule has 62 valence electrons. The Hall–Kier alpha value is -1.18. The zero-order valence-corrected chi connectivity index (χ0v) is 7.28. The molecule has 0 radical (unpaired) electrons. The summed E-state index contributed by atoms with van der Waals surface area (Å²) in [6.45, 7) is 12.2. The van der Waals surface area contributed by atoms with Gasteiger partial charge in [-0.3, -0.25) is 0 Å². The highest BCUT2D eigenvalue weighted by molar-refractivity contribution is 5.30. The molecular weight excluding hydrogens is 136 g/mol. The van der Waals surface area contributed by atoms with Gasteiger partial charge in [-0.1, -0.05) is 18.7 Å². The third-order valence-electron chi connectivity index (χ3n) is 1.14. The van der Waals surface area contributed by atoms with E-state index in [0.717, 1.165) is 17.8 Å². The van der Waals surface area contributed by atoms with Crippen LogP contribution >= 0.6 is 0 Å². The lowest BCUT2D eigenvalue weighted by atomic mass is 10.2. The van der Waals surface area contributed by atoms with E-state index in [0.29, 0.717) is 5.70 Å². The smallest absolute Gasteiger partial charge is 0.0546 e. The number of likely N-dealkylation sites (N-methyl/N-ethyl adjacent to an activating group) is 1. The highest BCUT2D eigenvalue weighted by Crippen LogP contribution is 2.00. The summed E-state index contributed by atoms with van der Waals surface area (Å²) in [5.41, 5.74) is 7.99. The standard InChI is InChI=1S/C9H16N2/c1-5-11-8(4)9(10)6-7(2)3/h6,11H,2,4-5,10H2,1,3H3/b9-6-. The van der Waals surface area contributed by atoms with Crippen molar-refractivity contribution in [2.75, 3.05) is 6.54 Å². The zero-order valence-electron chi connectivity index (χ0n) is 7.28. The van der Waals surface area contributed by atoms with Crippen LogP contribution in [0.5, 0.6) is 0 Å². The molecule has 0 saturated carbocycles. The van der Waals surface area contributed by atoms with Crippen LogP contribution in [0, 0.1) is 0 Å². The summed E-state index contributed by atoms with van der Waals surface area (Å²) in [7, 11) is 0. The first-order valence-electron chi connectivity index (χ1n) is 3.63. The van der Waals surface area contributed by atoms with Crippen molar-refractivity contribution in [2.45, 2.75) is 13.8 Å². The molecule has 2 heteroatoms. The van der Waals surface area contributed by atoms with E-state index in [1.54, 1.807) is 6.08 Å². The van der Waals surface area contributed by atoms with Crippen molar-refractivity contribution in [3.8, 4) is 0 Å². The van der Waals surface area contributed by atoms with Gasteiger partial charge in [0.2, 0.25) is 0 Å². The molecule has 0 aromatic rings. The normalized spacial score (nSPS) is 10.9. The highest BCUT2D eigenvalue weighted by Gasteiger charge is 1.93.